The third-order valence-electron chi connectivity index (χ3n) is 9.21. The first-order chi connectivity index (χ1) is 21.7. The highest BCUT2D eigenvalue weighted by molar-refractivity contribution is 5.73. The lowest BCUT2D eigenvalue weighted by molar-refractivity contribution is 0.240. The predicted octanol–water partition coefficient (Wildman–Crippen LogP) is 12.9. The van der Waals surface area contributed by atoms with Gasteiger partial charge in [0, 0.05) is 13.1 Å². The highest BCUT2D eigenvalue weighted by Crippen LogP contribution is 2.16. The molecular formula is C40H74N2O2. The van der Waals surface area contributed by atoms with Crippen molar-refractivity contribution in [3.63, 3.8) is 0 Å². The van der Waals surface area contributed by atoms with Crippen LogP contribution in [0.3, 0.4) is 0 Å². The third kappa shape index (κ3) is 29.0. The van der Waals surface area contributed by atoms with Crippen molar-refractivity contribution in [2.45, 2.75) is 206 Å². The summed E-state index contributed by atoms with van der Waals surface area (Å²) in [5, 5.41) is 15.1. The molecule has 0 radical (unpaired) electrons. The molecule has 1 aromatic carbocycles. The number of hydrogen-bond donors (Lipinski definition) is 3. The maximum atomic E-state index is 11.9. The molecule has 3 N–H and O–H groups in total. The highest BCUT2D eigenvalue weighted by atomic mass is 16.3. The highest BCUT2D eigenvalue weighted by Gasteiger charge is 2.01. The van der Waals surface area contributed by atoms with E-state index in [-0.39, 0.29) is 11.8 Å². The average Bonchev–Trinajstić information content (AvgIpc) is 3.03. The Kier molecular flexibility index (Phi) is 29.9. The Morgan fingerprint density at radius 1 is 0.455 bits per heavy atom. The summed E-state index contributed by atoms with van der Waals surface area (Å²) in [6.07, 6.45) is 42.5. The van der Waals surface area contributed by atoms with E-state index in [4.69, 9.17) is 0 Å². The number of carbonyl (C=O) groups excluding carboxylic acids is 1. The number of rotatable bonds is 33. The fourth-order valence-electron chi connectivity index (χ4n) is 6.21. The van der Waals surface area contributed by atoms with Crippen LogP contribution in [-0.2, 0) is 6.54 Å². The molecule has 1 rings (SSSR count). The molecule has 0 atom stereocenters. The Bertz CT molecular complexity index is 721. The van der Waals surface area contributed by atoms with Crippen molar-refractivity contribution in [1.82, 2.24) is 10.6 Å². The topological polar surface area (TPSA) is 61.4 Å². The van der Waals surface area contributed by atoms with E-state index in [0.717, 1.165) is 18.5 Å². The van der Waals surface area contributed by atoms with Gasteiger partial charge in [0.2, 0.25) is 0 Å². The zero-order chi connectivity index (χ0) is 31.6. The van der Waals surface area contributed by atoms with Gasteiger partial charge in [-0.25, -0.2) is 4.79 Å². The lowest BCUT2D eigenvalue weighted by atomic mass is 10.0. The average molecular weight is 615 g/mol. The standard InChI is InChI=1S/C40H74N2O2/c1-2-3-4-5-6-7-8-9-10-11-12-13-14-15-16-17-18-19-20-21-22-23-24-25-26-27-28-29-30-31-36-41-40(44)42-37-38-32-34-39(43)35-33-38/h32-35,43H,2-31,36-37H2,1H3,(H2,41,42,44). The van der Waals surface area contributed by atoms with Crippen molar-refractivity contribution in [2.75, 3.05) is 6.54 Å². The van der Waals surface area contributed by atoms with Gasteiger partial charge in [-0.15, -0.1) is 0 Å². The van der Waals surface area contributed by atoms with E-state index in [2.05, 4.69) is 17.6 Å². The Hall–Kier alpha value is -1.71. The van der Waals surface area contributed by atoms with E-state index in [1.807, 2.05) is 12.1 Å². The molecule has 4 nitrogen and oxygen atoms in total. The normalized spacial score (nSPS) is 11.2. The molecule has 0 aliphatic carbocycles. The van der Waals surface area contributed by atoms with Gasteiger partial charge >= 0.3 is 6.03 Å². The second-order valence-electron chi connectivity index (χ2n) is 13.5. The molecular weight excluding hydrogens is 540 g/mol. The van der Waals surface area contributed by atoms with Crippen LogP contribution >= 0.6 is 0 Å². The lowest BCUT2D eigenvalue weighted by Gasteiger charge is -2.08. The molecule has 4 heteroatoms. The molecule has 44 heavy (non-hydrogen) atoms. The number of nitrogens with one attached hydrogen (secondary N) is 2. The number of amides is 2. The molecule has 0 bridgehead atoms. The van der Waals surface area contributed by atoms with Crippen LogP contribution in [0.5, 0.6) is 5.75 Å². The van der Waals surface area contributed by atoms with Crippen LogP contribution in [0.4, 0.5) is 4.79 Å². The summed E-state index contributed by atoms with van der Waals surface area (Å²) < 4.78 is 0. The van der Waals surface area contributed by atoms with Crippen molar-refractivity contribution < 1.29 is 9.90 Å². The van der Waals surface area contributed by atoms with Gasteiger partial charge in [0.05, 0.1) is 0 Å². The van der Waals surface area contributed by atoms with Crippen LogP contribution < -0.4 is 10.6 Å². The lowest BCUT2D eigenvalue weighted by Crippen LogP contribution is -2.35. The van der Waals surface area contributed by atoms with Gasteiger partial charge in [0.15, 0.2) is 0 Å². The Morgan fingerprint density at radius 2 is 0.750 bits per heavy atom. The fraction of sp³-hybridized carbons (Fsp3) is 0.825. The summed E-state index contributed by atoms with van der Waals surface area (Å²) >= 11 is 0. The van der Waals surface area contributed by atoms with Crippen molar-refractivity contribution in [1.29, 1.82) is 0 Å². The minimum atomic E-state index is -0.117. The first kappa shape index (κ1) is 40.3. The van der Waals surface area contributed by atoms with Crippen LogP contribution in [0.1, 0.15) is 205 Å². The molecule has 0 aliphatic heterocycles. The van der Waals surface area contributed by atoms with Gasteiger partial charge in [0.1, 0.15) is 5.75 Å². The third-order valence-corrected chi connectivity index (χ3v) is 9.21. The molecule has 0 fully saturated rings. The first-order valence-corrected chi connectivity index (χ1v) is 19.5. The second kappa shape index (κ2) is 32.7. The first-order valence-electron chi connectivity index (χ1n) is 19.5. The summed E-state index contributed by atoms with van der Waals surface area (Å²) in [4.78, 5) is 11.9. The predicted molar refractivity (Wildman–Crippen MR) is 193 cm³/mol. The van der Waals surface area contributed by atoms with E-state index in [1.54, 1.807) is 12.1 Å². The monoisotopic (exact) mass is 615 g/mol. The number of phenolic OH excluding ortho intramolecular Hbond substituents is 1. The van der Waals surface area contributed by atoms with Crippen LogP contribution in [0.25, 0.3) is 0 Å². The number of carbonyl (C=O) groups is 1. The zero-order valence-corrected chi connectivity index (χ0v) is 29.3. The van der Waals surface area contributed by atoms with E-state index in [9.17, 15) is 9.90 Å². The molecule has 0 saturated heterocycles. The van der Waals surface area contributed by atoms with Gasteiger partial charge in [-0.3, -0.25) is 0 Å². The van der Waals surface area contributed by atoms with Gasteiger partial charge in [0.25, 0.3) is 0 Å². The van der Waals surface area contributed by atoms with Crippen molar-refractivity contribution >= 4 is 6.03 Å². The van der Waals surface area contributed by atoms with Crippen LogP contribution in [0, 0.1) is 0 Å². The summed E-state index contributed by atoms with van der Waals surface area (Å²) in [6, 6.07) is 6.80. The molecule has 0 heterocycles. The van der Waals surface area contributed by atoms with Gasteiger partial charge in [-0.1, -0.05) is 205 Å². The molecule has 256 valence electrons. The Morgan fingerprint density at radius 3 is 1.07 bits per heavy atom. The molecule has 0 saturated carbocycles. The van der Waals surface area contributed by atoms with Crippen molar-refractivity contribution in [3.05, 3.63) is 29.8 Å². The van der Waals surface area contributed by atoms with Crippen LogP contribution in [0.2, 0.25) is 0 Å². The smallest absolute Gasteiger partial charge is 0.315 e. The van der Waals surface area contributed by atoms with Gasteiger partial charge in [-0.2, -0.15) is 0 Å². The van der Waals surface area contributed by atoms with Crippen molar-refractivity contribution in [3.8, 4) is 5.75 Å². The van der Waals surface area contributed by atoms with Gasteiger partial charge in [-0.05, 0) is 24.1 Å². The number of aromatic hydroxyl groups is 1. The Labute approximate surface area is 274 Å². The number of unbranched alkanes of at least 4 members (excludes halogenated alkanes) is 29. The number of hydrogen-bond acceptors (Lipinski definition) is 2. The summed E-state index contributed by atoms with van der Waals surface area (Å²) in [5.41, 5.74) is 0.980. The number of benzene rings is 1. The quantitative estimate of drug-likeness (QED) is 0.0690. The summed E-state index contributed by atoms with van der Waals surface area (Å²) in [6.45, 7) is 3.52. The fourth-order valence-corrected chi connectivity index (χ4v) is 6.21. The number of urea groups is 1. The zero-order valence-electron chi connectivity index (χ0n) is 29.3. The molecule has 0 unspecified atom stereocenters. The van der Waals surface area contributed by atoms with E-state index in [1.165, 1.54) is 186 Å². The van der Waals surface area contributed by atoms with Crippen LogP contribution in [-0.4, -0.2) is 17.7 Å². The maximum Gasteiger partial charge on any atom is 0.315 e. The van der Waals surface area contributed by atoms with E-state index < -0.39 is 0 Å². The summed E-state index contributed by atoms with van der Waals surface area (Å²) in [5.74, 6) is 0.245. The van der Waals surface area contributed by atoms with Crippen molar-refractivity contribution in [2.24, 2.45) is 0 Å². The molecule has 2 amide bonds. The van der Waals surface area contributed by atoms with E-state index >= 15 is 0 Å². The van der Waals surface area contributed by atoms with Crippen LogP contribution in [0.15, 0.2) is 24.3 Å². The van der Waals surface area contributed by atoms with E-state index in [0.29, 0.717) is 6.54 Å². The minimum Gasteiger partial charge on any atom is -0.508 e. The molecule has 1 aromatic rings. The molecule has 0 aliphatic rings. The maximum absolute atomic E-state index is 11.9. The molecule has 0 aromatic heterocycles. The molecule has 0 spiro atoms. The minimum absolute atomic E-state index is 0.117. The summed E-state index contributed by atoms with van der Waals surface area (Å²) in [7, 11) is 0. The SMILES string of the molecule is CCCCCCCCCCCCCCCCCCCCCCCCCCCCCCCCNC(=O)NCc1ccc(O)cc1. The number of phenols is 1. The second-order valence-corrected chi connectivity index (χ2v) is 13.5. The Balaban J connectivity index is 1.66. The van der Waals surface area contributed by atoms with Gasteiger partial charge < -0.3 is 15.7 Å². The largest absolute Gasteiger partial charge is 0.508 e.